The number of halogens is 2. The number of esters is 1. The SMILES string of the molecule is C=CC(=O)OCCCCCCOC1C(F)CC(C2CCC(C3CCC(CCC)CC3)CC2)CC1F. The lowest BCUT2D eigenvalue weighted by atomic mass is 9.65. The monoisotopic (exact) mass is 496 g/mol. The summed E-state index contributed by atoms with van der Waals surface area (Å²) in [5, 5.41) is 0. The van der Waals surface area contributed by atoms with E-state index in [2.05, 4.69) is 13.5 Å². The molecular weight excluding hydrogens is 446 g/mol. The number of hydrogen-bond donors (Lipinski definition) is 0. The molecule has 3 aliphatic rings. The highest BCUT2D eigenvalue weighted by Crippen LogP contribution is 2.46. The lowest BCUT2D eigenvalue weighted by Crippen LogP contribution is -2.44. The van der Waals surface area contributed by atoms with Crippen molar-refractivity contribution in [1.29, 1.82) is 0 Å². The van der Waals surface area contributed by atoms with Crippen molar-refractivity contribution in [3.8, 4) is 0 Å². The Hall–Kier alpha value is -0.970. The highest BCUT2D eigenvalue weighted by molar-refractivity contribution is 5.81. The lowest BCUT2D eigenvalue weighted by Gasteiger charge is -2.42. The predicted molar refractivity (Wildman–Crippen MR) is 138 cm³/mol. The molecule has 3 rings (SSSR count). The number of rotatable bonds is 13. The third-order valence-corrected chi connectivity index (χ3v) is 9.27. The highest BCUT2D eigenvalue weighted by atomic mass is 19.1. The van der Waals surface area contributed by atoms with Crippen LogP contribution in [0.2, 0.25) is 0 Å². The molecule has 2 unspecified atom stereocenters. The van der Waals surface area contributed by atoms with Gasteiger partial charge in [0.15, 0.2) is 0 Å². The Balaban J connectivity index is 1.28. The first kappa shape index (κ1) is 28.6. The quantitative estimate of drug-likeness (QED) is 0.147. The van der Waals surface area contributed by atoms with Crippen molar-refractivity contribution < 1.29 is 23.0 Å². The van der Waals surface area contributed by atoms with E-state index in [4.69, 9.17) is 9.47 Å². The van der Waals surface area contributed by atoms with Gasteiger partial charge in [-0.05, 0) is 100 Å². The summed E-state index contributed by atoms with van der Waals surface area (Å²) in [4.78, 5) is 11.0. The normalized spacial score (nSPS) is 36.0. The van der Waals surface area contributed by atoms with Crippen LogP contribution >= 0.6 is 0 Å². The first-order chi connectivity index (χ1) is 17.0. The number of ether oxygens (including phenoxy) is 2. The van der Waals surface area contributed by atoms with Crippen molar-refractivity contribution in [2.24, 2.45) is 29.6 Å². The van der Waals surface area contributed by atoms with E-state index in [1.54, 1.807) is 0 Å². The zero-order valence-electron chi connectivity index (χ0n) is 22.1. The van der Waals surface area contributed by atoms with Crippen LogP contribution in [0.4, 0.5) is 8.78 Å². The predicted octanol–water partition coefficient (Wildman–Crippen LogP) is 8.16. The maximum atomic E-state index is 14.9. The van der Waals surface area contributed by atoms with Gasteiger partial charge < -0.3 is 9.47 Å². The minimum Gasteiger partial charge on any atom is -0.463 e. The fraction of sp³-hybridized carbons (Fsp3) is 0.900. The Kier molecular flexibility index (Phi) is 12.5. The Morgan fingerprint density at radius 3 is 1.86 bits per heavy atom. The van der Waals surface area contributed by atoms with Crippen molar-refractivity contribution >= 4 is 5.97 Å². The van der Waals surface area contributed by atoms with Crippen LogP contribution in [0, 0.1) is 29.6 Å². The summed E-state index contributed by atoms with van der Waals surface area (Å²) in [5.74, 6) is 2.99. The number of hydrogen-bond acceptors (Lipinski definition) is 3. The first-order valence-corrected chi connectivity index (χ1v) is 14.7. The van der Waals surface area contributed by atoms with E-state index in [0.29, 0.717) is 32.0 Å². The minimum atomic E-state index is -1.19. The van der Waals surface area contributed by atoms with Crippen molar-refractivity contribution in [3.05, 3.63) is 12.7 Å². The van der Waals surface area contributed by atoms with E-state index < -0.39 is 24.4 Å². The third-order valence-electron chi connectivity index (χ3n) is 9.27. The van der Waals surface area contributed by atoms with E-state index >= 15 is 0 Å². The summed E-state index contributed by atoms with van der Waals surface area (Å²) in [7, 11) is 0. The fourth-order valence-electron chi connectivity index (χ4n) is 7.22. The summed E-state index contributed by atoms with van der Waals surface area (Å²) in [5.41, 5.74) is 0. The van der Waals surface area contributed by atoms with Crippen LogP contribution < -0.4 is 0 Å². The molecular formula is C30H50F2O3. The van der Waals surface area contributed by atoms with Crippen LogP contribution in [0.15, 0.2) is 12.7 Å². The topological polar surface area (TPSA) is 35.5 Å². The largest absolute Gasteiger partial charge is 0.463 e. The maximum Gasteiger partial charge on any atom is 0.330 e. The molecule has 0 saturated heterocycles. The van der Waals surface area contributed by atoms with Gasteiger partial charge in [0, 0.05) is 12.7 Å². The minimum absolute atomic E-state index is 0.180. The molecule has 0 radical (unpaired) electrons. The summed E-state index contributed by atoms with van der Waals surface area (Å²) in [6.07, 6.45) is 15.4. The summed E-state index contributed by atoms with van der Waals surface area (Å²) in [6.45, 7) is 6.44. The fourth-order valence-corrected chi connectivity index (χ4v) is 7.22. The van der Waals surface area contributed by atoms with Gasteiger partial charge in [0.2, 0.25) is 0 Å². The van der Waals surface area contributed by atoms with Gasteiger partial charge in [0.05, 0.1) is 6.61 Å². The Bertz CT molecular complexity index is 599. The lowest BCUT2D eigenvalue weighted by molar-refractivity contribution is -0.137. The van der Waals surface area contributed by atoms with E-state index in [1.165, 1.54) is 51.4 Å². The van der Waals surface area contributed by atoms with Crippen molar-refractivity contribution in [2.75, 3.05) is 13.2 Å². The molecule has 3 nitrogen and oxygen atoms in total. The molecule has 0 aromatic carbocycles. The van der Waals surface area contributed by atoms with Gasteiger partial charge in [-0.25, -0.2) is 13.6 Å². The summed E-state index contributed by atoms with van der Waals surface area (Å²) < 4.78 is 40.5. The molecule has 202 valence electrons. The van der Waals surface area contributed by atoms with Gasteiger partial charge in [-0.3, -0.25) is 0 Å². The molecule has 0 heterocycles. The van der Waals surface area contributed by atoms with Crippen LogP contribution in [0.3, 0.4) is 0 Å². The number of alkyl halides is 2. The summed E-state index contributed by atoms with van der Waals surface area (Å²) >= 11 is 0. The van der Waals surface area contributed by atoms with Crippen molar-refractivity contribution in [1.82, 2.24) is 0 Å². The van der Waals surface area contributed by atoms with Crippen molar-refractivity contribution in [3.63, 3.8) is 0 Å². The van der Waals surface area contributed by atoms with Crippen molar-refractivity contribution in [2.45, 2.75) is 128 Å². The van der Waals surface area contributed by atoms with Gasteiger partial charge >= 0.3 is 5.97 Å². The van der Waals surface area contributed by atoms with E-state index in [-0.39, 0.29) is 5.92 Å². The molecule has 3 fully saturated rings. The standard InChI is InChI=1S/C30H50F2O3/c1-3-9-22-10-12-23(13-11-22)24-14-16-25(17-15-24)26-20-27(31)30(28(32)21-26)35-19-8-6-5-7-18-34-29(33)4-2/h4,22-28,30H,2-3,5-21H2,1H3. The van der Waals surface area contributed by atoms with Gasteiger partial charge in [-0.2, -0.15) is 0 Å². The highest BCUT2D eigenvalue weighted by Gasteiger charge is 2.43. The average Bonchev–Trinajstić information content (AvgIpc) is 2.87. The Morgan fingerprint density at radius 2 is 1.31 bits per heavy atom. The zero-order valence-corrected chi connectivity index (χ0v) is 22.1. The van der Waals surface area contributed by atoms with Crippen LogP contribution in [0.1, 0.15) is 110 Å². The molecule has 3 aliphatic carbocycles. The van der Waals surface area contributed by atoms with E-state index in [0.717, 1.165) is 62.4 Å². The van der Waals surface area contributed by atoms with Gasteiger partial charge in [0.25, 0.3) is 0 Å². The Morgan fingerprint density at radius 1 is 0.800 bits per heavy atom. The molecule has 0 N–H and O–H groups in total. The summed E-state index contributed by atoms with van der Waals surface area (Å²) in [6, 6.07) is 0. The molecule has 0 amide bonds. The first-order valence-electron chi connectivity index (χ1n) is 14.7. The smallest absolute Gasteiger partial charge is 0.330 e. The van der Waals surface area contributed by atoms with E-state index in [1.807, 2.05) is 0 Å². The van der Waals surface area contributed by atoms with Gasteiger partial charge in [0.1, 0.15) is 18.4 Å². The van der Waals surface area contributed by atoms with Crippen LogP contribution in [0.25, 0.3) is 0 Å². The Labute approximate surface area is 212 Å². The second-order valence-corrected chi connectivity index (χ2v) is 11.6. The molecule has 0 aromatic heterocycles. The maximum absolute atomic E-state index is 14.9. The number of carbonyl (C=O) groups excluding carboxylic acids is 1. The third kappa shape index (κ3) is 9.13. The molecule has 0 bridgehead atoms. The second kappa shape index (κ2) is 15.3. The molecule has 3 saturated carbocycles. The molecule has 0 aromatic rings. The van der Waals surface area contributed by atoms with E-state index in [9.17, 15) is 13.6 Å². The number of unbranched alkanes of at least 4 members (excludes halogenated alkanes) is 3. The average molecular weight is 497 g/mol. The molecule has 2 atom stereocenters. The van der Waals surface area contributed by atoms with Crippen LogP contribution in [-0.4, -0.2) is 37.6 Å². The van der Waals surface area contributed by atoms with Gasteiger partial charge in [-0.15, -0.1) is 0 Å². The second-order valence-electron chi connectivity index (χ2n) is 11.6. The molecule has 0 aliphatic heterocycles. The zero-order chi connectivity index (χ0) is 25.0. The number of carbonyl (C=O) groups is 1. The molecule has 0 spiro atoms. The molecule has 35 heavy (non-hydrogen) atoms. The van der Waals surface area contributed by atoms with Gasteiger partial charge in [-0.1, -0.05) is 45.6 Å². The molecule has 5 heteroatoms. The van der Waals surface area contributed by atoms with Crippen LogP contribution in [0.5, 0.6) is 0 Å². The van der Waals surface area contributed by atoms with Crippen LogP contribution in [-0.2, 0) is 14.3 Å².